The fourth-order valence-electron chi connectivity index (χ4n) is 0.277. The zero-order valence-electron chi connectivity index (χ0n) is 5.17. The predicted molar refractivity (Wildman–Crippen MR) is 47.6 cm³/mol. The van der Waals surface area contributed by atoms with Crippen molar-refractivity contribution in [2.24, 2.45) is 0 Å². The van der Waals surface area contributed by atoms with E-state index in [1.807, 2.05) is 13.2 Å². The van der Waals surface area contributed by atoms with Gasteiger partial charge >= 0.3 is 54.5 Å². The van der Waals surface area contributed by atoms with E-state index in [1.165, 1.54) is 0 Å². The van der Waals surface area contributed by atoms with E-state index in [0.717, 1.165) is 6.16 Å². The van der Waals surface area contributed by atoms with Crippen molar-refractivity contribution in [2.75, 3.05) is 6.16 Å². The van der Waals surface area contributed by atoms with Crippen LogP contribution in [0.4, 0.5) is 0 Å². The molecular weight excluding hydrogens is 109 g/mol. The monoisotopic (exact) mass is 116 g/mol. The molecular formula is C2H6B5P. The number of rotatable bonds is 1. The topological polar surface area (TPSA) is 0 Å². The van der Waals surface area contributed by atoms with Crippen LogP contribution in [0, 0.1) is 0 Å². The van der Waals surface area contributed by atoms with Crippen LogP contribution >= 0.6 is 7.12 Å². The van der Waals surface area contributed by atoms with Crippen molar-refractivity contribution >= 4 is 41.4 Å². The SMILES string of the molecule is B#P(B=BB=B)CC. The maximum absolute atomic E-state index is 5.59. The van der Waals surface area contributed by atoms with Crippen molar-refractivity contribution in [2.45, 2.75) is 6.92 Å². The van der Waals surface area contributed by atoms with Gasteiger partial charge in [0.25, 0.3) is 0 Å². The summed E-state index contributed by atoms with van der Waals surface area (Å²) in [5.41, 5.74) is 0. The van der Waals surface area contributed by atoms with Gasteiger partial charge in [-0.2, -0.15) is 0 Å². The van der Waals surface area contributed by atoms with Gasteiger partial charge in [-0.05, 0) is 0 Å². The Morgan fingerprint density at radius 3 is 2.75 bits per heavy atom. The van der Waals surface area contributed by atoms with Crippen LogP contribution in [-0.4, -0.2) is 40.4 Å². The molecule has 1 unspecified atom stereocenters. The zero-order valence-corrected chi connectivity index (χ0v) is 6.07. The van der Waals surface area contributed by atoms with Crippen molar-refractivity contribution in [1.29, 1.82) is 0 Å². The van der Waals surface area contributed by atoms with Crippen LogP contribution in [0.15, 0.2) is 0 Å². The maximum atomic E-state index is 5.59. The molecule has 34 valence electrons. The summed E-state index contributed by atoms with van der Waals surface area (Å²) in [7, 11) is 8.79. The van der Waals surface area contributed by atoms with Crippen molar-refractivity contribution in [3.8, 4) is 0 Å². The molecule has 0 aromatic rings. The van der Waals surface area contributed by atoms with E-state index < -0.39 is 0 Å². The summed E-state index contributed by atoms with van der Waals surface area (Å²) in [6.07, 6.45) is 1.06. The first-order valence-electron chi connectivity index (χ1n) is 2.61. The van der Waals surface area contributed by atoms with Gasteiger partial charge < -0.3 is 0 Å². The quantitative estimate of drug-likeness (QED) is 0.311. The molecule has 0 amide bonds. The molecule has 0 radical (unpaired) electrons. The predicted octanol–water partition coefficient (Wildman–Crippen LogP) is -0.755. The molecule has 1 atom stereocenters. The Morgan fingerprint density at radius 2 is 2.38 bits per heavy atom. The molecule has 0 aliphatic rings. The van der Waals surface area contributed by atoms with E-state index >= 15 is 0 Å². The van der Waals surface area contributed by atoms with Gasteiger partial charge in [-0.3, -0.25) is 0 Å². The molecule has 0 nitrogen and oxygen atoms in total. The van der Waals surface area contributed by atoms with E-state index in [1.54, 1.807) is 6.69 Å². The van der Waals surface area contributed by atoms with E-state index in [4.69, 9.17) is 7.01 Å². The van der Waals surface area contributed by atoms with Gasteiger partial charge in [-0.1, -0.05) is 0 Å². The molecule has 0 fully saturated rings. The Balaban J connectivity index is 3.58. The molecule has 0 aromatic heterocycles. The third-order valence-electron chi connectivity index (χ3n) is 0.779. The second-order valence-electron chi connectivity index (χ2n) is 1.41. The third kappa shape index (κ3) is 4.78. The summed E-state index contributed by atoms with van der Waals surface area (Å²) >= 11 is 0. The van der Waals surface area contributed by atoms with E-state index in [2.05, 4.69) is 14.3 Å². The van der Waals surface area contributed by atoms with Gasteiger partial charge in [0, 0.05) is 0 Å². The molecule has 0 aliphatic heterocycles. The summed E-state index contributed by atoms with van der Waals surface area (Å²) < 4.78 is 0. The first-order valence-corrected chi connectivity index (χ1v) is 4.28. The molecule has 6 heteroatoms. The summed E-state index contributed by atoms with van der Waals surface area (Å²) in [6.45, 7) is 7.73. The van der Waals surface area contributed by atoms with Crippen LogP contribution in [0.5, 0.6) is 0 Å². The van der Waals surface area contributed by atoms with Crippen molar-refractivity contribution in [3.05, 3.63) is 0 Å². The third-order valence-corrected chi connectivity index (χ3v) is 2.06. The molecule has 0 saturated carbocycles. The van der Waals surface area contributed by atoms with Gasteiger partial charge in [-0.15, -0.1) is 0 Å². The molecule has 0 spiro atoms. The molecule has 0 bridgehead atoms. The average molecular weight is 115 g/mol. The van der Waals surface area contributed by atoms with Crippen LogP contribution in [0.25, 0.3) is 0 Å². The Morgan fingerprint density at radius 1 is 1.75 bits per heavy atom. The summed E-state index contributed by atoms with van der Waals surface area (Å²) in [4.78, 5) is 0. The second kappa shape index (κ2) is 5.76. The molecule has 8 heavy (non-hydrogen) atoms. The fraction of sp³-hybridized carbons (Fsp3) is 1.00. The minimum atomic E-state index is -0.336. The van der Waals surface area contributed by atoms with Crippen LogP contribution in [0.1, 0.15) is 6.92 Å². The summed E-state index contributed by atoms with van der Waals surface area (Å²) in [5.74, 6) is 0. The first kappa shape index (κ1) is 8.62. The molecule has 0 heterocycles. The normalized spacial score (nSPS) is 9.50. The van der Waals surface area contributed by atoms with Crippen molar-refractivity contribution in [3.63, 3.8) is 0 Å². The fourth-order valence-corrected chi connectivity index (χ4v) is 0.830. The van der Waals surface area contributed by atoms with Crippen LogP contribution in [0.3, 0.4) is 0 Å². The Labute approximate surface area is 55.1 Å². The van der Waals surface area contributed by atoms with Gasteiger partial charge in [0.15, 0.2) is 0 Å². The molecule has 0 saturated heterocycles. The molecule has 0 aromatic carbocycles. The van der Waals surface area contributed by atoms with Gasteiger partial charge in [-0.25, -0.2) is 0 Å². The van der Waals surface area contributed by atoms with Gasteiger partial charge in [0.1, 0.15) is 0 Å². The number of hydrogen-bond donors (Lipinski definition) is 0. The van der Waals surface area contributed by atoms with Crippen LogP contribution in [-0.2, 0) is 0 Å². The van der Waals surface area contributed by atoms with Crippen molar-refractivity contribution in [1.82, 2.24) is 0 Å². The Bertz CT molecular complexity index is 152. The molecule has 0 rings (SSSR count). The number of hydrogen-bond acceptors (Lipinski definition) is 0. The van der Waals surface area contributed by atoms with E-state index in [-0.39, 0.29) is 7.12 Å². The Hall–Kier alpha value is 0.625. The molecule has 0 aliphatic carbocycles. The van der Waals surface area contributed by atoms with Gasteiger partial charge in [0.05, 0.1) is 0 Å². The summed E-state index contributed by atoms with van der Waals surface area (Å²) in [5, 5.41) is 0. The van der Waals surface area contributed by atoms with E-state index in [9.17, 15) is 0 Å². The zero-order chi connectivity index (χ0) is 6.41. The standard InChI is InChI=1S/C2H6B5P/c1-2-8(4)7-6-5-3/h3H,2H2,1H3. The Kier molecular flexibility index (Phi) is 6.21. The van der Waals surface area contributed by atoms with Gasteiger partial charge in [0.2, 0.25) is 0 Å². The minimum absolute atomic E-state index is 0.336. The summed E-state index contributed by atoms with van der Waals surface area (Å²) in [6, 6.07) is 0. The first-order chi connectivity index (χ1) is 3.81. The van der Waals surface area contributed by atoms with E-state index in [0.29, 0.717) is 0 Å². The molecule has 0 N–H and O–H groups in total. The van der Waals surface area contributed by atoms with Crippen LogP contribution in [0.2, 0.25) is 0 Å². The van der Waals surface area contributed by atoms with Crippen molar-refractivity contribution < 1.29 is 0 Å². The average Bonchev–Trinajstić information content (AvgIpc) is 1.83. The van der Waals surface area contributed by atoms with Crippen LogP contribution < -0.4 is 0 Å². The second-order valence-corrected chi connectivity index (χ2v) is 3.37.